The van der Waals surface area contributed by atoms with Crippen LogP contribution in [0.1, 0.15) is 71.2 Å². The van der Waals surface area contributed by atoms with Crippen molar-refractivity contribution in [2.75, 3.05) is 18.4 Å². The summed E-state index contributed by atoms with van der Waals surface area (Å²) in [6.07, 6.45) is 1.85. The predicted molar refractivity (Wildman–Crippen MR) is 127 cm³/mol. The van der Waals surface area contributed by atoms with Crippen molar-refractivity contribution in [1.29, 1.82) is 0 Å². The molecule has 0 fully saturated rings. The molecule has 2 aromatic rings. The Bertz CT molecular complexity index is 922. The molecule has 0 saturated heterocycles. The van der Waals surface area contributed by atoms with Gasteiger partial charge in [0.15, 0.2) is 0 Å². The van der Waals surface area contributed by atoms with Gasteiger partial charge in [-0.3, -0.25) is 9.59 Å². The van der Waals surface area contributed by atoms with E-state index in [1.807, 2.05) is 39.0 Å². The molecule has 0 aliphatic rings. The van der Waals surface area contributed by atoms with Crippen LogP contribution in [-0.2, 0) is 15.0 Å². The van der Waals surface area contributed by atoms with E-state index in [2.05, 4.69) is 46.0 Å². The molecule has 1 N–H and O–H groups in total. The molecule has 0 aliphatic carbocycles. The van der Waals surface area contributed by atoms with Crippen LogP contribution < -0.4 is 5.32 Å². The minimum Gasteiger partial charge on any atom is -0.333 e. The van der Waals surface area contributed by atoms with Gasteiger partial charge in [-0.1, -0.05) is 65.7 Å². The molecule has 0 aliphatic heterocycles. The Morgan fingerprint density at radius 3 is 2.39 bits per heavy atom. The average Bonchev–Trinajstić information content (AvgIpc) is 3.08. The summed E-state index contributed by atoms with van der Waals surface area (Å²) in [4.78, 5) is 27.2. The number of amides is 2. The van der Waals surface area contributed by atoms with E-state index in [0.717, 1.165) is 29.8 Å². The minimum absolute atomic E-state index is 0.00173. The van der Waals surface area contributed by atoms with Crippen molar-refractivity contribution >= 4 is 17.6 Å². The highest BCUT2D eigenvalue weighted by molar-refractivity contribution is 5.94. The van der Waals surface area contributed by atoms with Crippen LogP contribution >= 0.6 is 0 Å². The second-order valence-electron chi connectivity index (χ2n) is 9.68. The third kappa shape index (κ3) is 6.42. The molecule has 1 heterocycles. The van der Waals surface area contributed by atoms with Crippen molar-refractivity contribution in [2.45, 2.75) is 73.6 Å². The van der Waals surface area contributed by atoms with Gasteiger partial charge in [-0.25, -0.2) is 4.68 Å². The van der Waals surface area contributed by atoms with E-state index in [9.17, 15) is 9.59 Å². The van der Waals surface area contributed by atoms with Gasteiger partial charge in [0.05, 0.1) is 17.9 Å². The van der Waals surface area contributed by atoms with Gasteiger partial charge in [-0.05, 0) is 31.9 Å². The first-order valence-electron chi connectivity index (χ1n) is 11.2. The van der Waals surface area contributed by atoms with E-state index in [1.165, 1.54) is 5.56 Å². The Hall–Kier alpha value is -2.63. The molecule has 0 spiro atoms. The largest absolute Gasteiger partial charge is 0.333 e. The maximum atomic E-state index is 12.9. The zero-order valence-corrected chi connectivity index (χ0v) is 20.4. The highest BCUT2D eigenvalue weighted by atomic mass is 16.2. The normalized spacial score (nSPS) is 11.6. The molecule has 2 amide bonds. The first-order chi connectivity index (χ1) is 14.4. The molecule has 0 bridgehead atoms. The molecule has 31 heavy (non-hydrogen) atoms. The summed E-state index contributed by atoms with van der Waals surface area (Å²) >= 11 is 0. The van der Waals surface area contributed by atoms with Crippen LogP contribution in [0, 0.1) is 19.8 Å². The number of aromatic nitrogens is 2. The standard InChI is InChI=1S/C25H38N4O2/c1-9-10-13-28(24(31)17(2)3)16-23(30)26-22-15-21(25(6,7)8)27-29(22)20-12-11-18(4)14-19(20)5/h11-12,14-15,17H,9-10,13,16H2,1-8H3,(H,26,30). The molecule has 0 saturated carbocycles. The second kappa shape index (κ2) is 10.1. The zero-order chi connectivity index (χ0) is 23.3. The first kappa shape index (κ1) is 24.6. The van der Waals surface area contributed by atoms with Crippen molar-refractivity contribution < 1.29 is 9.59 Å². The first-order valence-corrected chi connectivity index (χ1v) is 11.2. The van der Waals surface area contributed by atoms with Gasteiger partial charge in [0.25, 0.3) is 0 Å². The topological polar surface area (TPSA) is 67.2 Å². The summed E-state index contributed by atoms with van der Waals surface area (Å²) in [5.41, 5.74) is 3.91. The van der Waals surface area contributed by atoms with E-state index < -0.39 is 0 Å². The SMILES string of the molecule is CCCCN(CC(=O)Nc1cc(C(C)(C)C)nn1-c1ccc(C)cc1C)C(=O)C(C)C. The summed E-state index contributed by atoms with van der Waals surface area (Å²) in [7, 11) is 0. The highest BCUT2D eigenvalue weighted by Gasteiger charge is 2.24. The number of rotatable bonds is 8. The van der Waals surface area contributed by atoms with Crippen molar-refractivity contribution in [2.24, 2.45) is 5.92 Å². The van der Waals surface area contributed by atoms with Crippen LogP contribution in [0.5, 0.6) is 0 Å². The molecular formula is C25H38N4O2. The molecule has 6 nitrogen and oxygen atoms in total. The van der Waals surface area contributed by atoms with Crippen LogP contribution in [0.2, 0.25) is 0 Å². The van der Waals surface area contributed by atoms with E-state index >= 15 is 0 Å². The number of anilines is 1. The van der Waals surface area contributed by atoms with Gasteiger partial charge in [-0.2, -0.15) is 5.10 Å². The molecule has 6 heteroatoms. The summed E-state index contributed by atoms with van der Waals surface area (Å²) in [5, 5.41) is 7.82. The van der Waals surface area contributed by atoms with Crippen LogP contribution in [0.25, 0.3) is 5.69 Å². The Morgan fingerprint density at radius 2 is 1.84 bits per heavy atom. The fourth-order valence-electron chi connectivity index (χ4n) is 3.40. The zero-order valence-electron chi connectivity index (χ0n) is 20.4. The lowest BCUT2D eigenvalue weighted by Gasteiger charge is -2.24. The third-order valence-corrected chi connectivity index (χ3v) is 5.25. The number of aryl methyl sites for hydroxylation is 2. The number of hydrogen-bond acceptors (Lipinski definition) is 3. The fourth-order valence-corrected chi connectivity index (χ4v) is 3.40. The molecule has 0 radical (unpaired) electrons. The lowest BCUT2D eigenvalue weighted by Crippen LogP contribution is -2.41. The number of carbonyl (C=O) groups is 2. The number of unbranched alkanes of at least 4 members (excludes halogenated alkanes) is 1. The van der Waals surface area contributed by atoms with Crippen molar-refractivity contribution in [1.82, 2.24) is 14.7 Å². The maximum absolute atomic E-state index is 12.9. The molecule has 0 atom stereocenters. The van der Waals surface area contributed by atoms with E-state index in [1.54, 1.807) is 9.58 Å². The Morgan fingerprint density at radius 1 is 1.16 bits per heavy atom. The van der Waals surface area contributed by atoms with Crippen LogP contribution in [0.3, 0.4) is 0 Å². The van der Waals surface area contributed by atoms with Gasteiger partial charge in [-0.15, -0.1) is 0 Å². The average molecular weight is 427 g/mol. The quantitative estimate of drug-likeness (QED) is 0.645. The molecule has 1 aromatic carbocycles. The van der Waals surface area contributed by atoms with Crippen molar-refractivity contribution in [3.63, 3.8) is 0 Å². The Balaban J connectivity index is 2.35. The van der Waals surface area contributed by atoms with E-state index in [0.29, 0.717) is 12.4 Å². The van der Waals surface area contributed by atoms with Crippen LogP contribution in [0.4, 0.5) is 5.82 Å². The Kier molecular flexibility index (Phi) is 8.04. The van der Waals surface area contributed by atoms with Crippen LogP contribution in [-0.4, -0.2) is 39.6 Å². The van der Waals surface area contributed by atoms with Gasteiger partial charge in [0, 0.05) is 23.9 Å². The van der Waals surface area contributed by atoms with Crippen molar-refractivity contribution in [3.8, 4) is 5.69 Å². The number of benzene rings is 1. The monoisotopic (exact) mass is 426 g/mol. The fraction of sp³-hybridized carbons (Fsp3) is 0.560. The molecule has 2 rings (SSSR count). The molecule has 0 unspecified atom stereocenters. The van der Waals surface area contributed by atoms with Gasteiger partial charge >= 0.3 is 0 Å². The number of nitrogens with zero attached hydrogens (tertiary/aromatic N) is 3. The molecular weight excluding hydrogens is 388 g/mol. The lowest BCUT2D eigenvalue weighted by atomic mass is 9.92. The Labute approximate surface area is 187 Å². The number of carbonyl (C=O) groups excluding carboxylic acids is 2. The number of nitrogens with one attached hydrogen (secondary N) is 1. The van der Waals surface area contributed by atoms with E-state index in [4.69, 9.17) is 5.10 Å². The lowest BCUT2D eigenvalue weighted by molar-refractivity contribution is -0.137. The third-order valence-electron chi connectivity index (χ3n) is 5.25. The summed E-state index contributed by atoms with van der Waals surface area (Å²) in [5.74, 6) is 0.269. The van der Waals surface area contributed by atoms with Crippen molar-refractivity contribution in [3.05, 3.63) is 41.1 Å². The van der Waals surface area contributed by atoms with Gasteiger partial charge in [0.2, 0.25) is 11.8 Å². The summed E-state index contributed by atoms with van der Waals surface area (Å²) in [6.45, 7) is 16.8. The minimum atomic E-state index is -0.212. The summed E-state index contributed by atoms with van der Waals surface area (Å²) in [6, 6.07) is 8.10. The van der Waals surface area contributed by atoms with E-state index in [-0.39, 0.29) is 29.7 Å². The molecule has 1 aromatic heterocycles. The molecule has 170 valence electrons. The smallest absolute Gasteiger partial charge is 0.245 e. The predicted octanol–water partition coefficient (Wildman–Crippen LogP) is 5.01. The summed E-state index contributed by atoms with van der Waals surface area (Å²) < 4.78 is 1.80. The van der Waals surface area contributed by atoms with Crippen LogP contribution in [0.15, 0.2) is 24.3 Å². The maximum Gasteiger partial charge on any atom is 0.245 e. The van der Waals surface area contributed by atoms with Gasteiger partial charge in [0.1, 0.15) is 5.82 Å². The van der Waals surface area contributed by atoms with Gasteiger partial charge < -0.3 is 10.2 Å². The number of hydrogen-bond donors (Lipinski definition) is 1. The second-order valence-corrected chi connectivity index (χ2v) is 9.68. The highest BCUT2D eigenvalue weighted by Crippen LogP contribution is 2.27.